The molecule has 0 spiro atoms. The molecule has 0 aliphatic rings. The Labute approximate surface area is 99.4 Å². The van der Waals surface area contributed by atoms with Gasteiger partial charge in [0.15, 0.2) is 0 Å². The molecular formula is C10H11BrF3NO. The van der Waals surface area contributed by atoms with Crippen molar-refractivity contribution in [3.05, 3.63) is 33.8 Å². The van der Waals surface area contributed by atoms with E-state index in [4.69, 9.17) is 10.8 Å². The minimum atomic E-state index is -4.39. The van der Waals surface area contributed by atoms with E-state index in [2.05, 4.69) is 15.9 Å². The fraction of sp³-hybridized carbons (Fsp3) is 0.400. The Morgan fingerprint density at radius 1 is 1.31 bits per heavy atom. The quantitative estimate of drug-likeness (QED) is 0.901. The first-order valence-corrected chi connectivity index (χ1v) is 5.38. The van der Waals surface area contributed by atoms with E-state index in [9.17, 15) is 13.2 Å². The minimum Gasteiger partial charge on any atom is -0.396 e. The predicted molar refractivity (Wildman–Crippen MR) is 57.8 cm³/mol. The first-order chi connectivity index (χ1) is 7.34. The van der Waals surface area contributed by atoms with Crippen molar-refractivity contribution in [2.45, 2.75) is 18.6 Å². The number of benzene rings is 1. The van der Waals surface area contributed by atoms with Crippen molar-refractivity contribution >= 4 is 15.9 Å². The summed E-state index contributed by atoms with van der Waals surface area (Å²) in [6.45, 7) is -0.158. The number of halogens is 4. The Morgan fingerprint density at radius 2 is 1.94 bits per heavy atom. The minimum absolute atomic E-state index is 0.158. The highest BCUT2D eigenvalue weighted by Crippen LogP contribution is 2.33. The fourth-order valence-electron chi connectivity index (χ4n) is 1.30. The topological polar surface area (TPSA) is 46.2 Å². The summed E-state index contributed by atoms with van der Waals surface area (Å²) < 4.78 is 37.8. The molecular weight excluding hydrogens is 287 g/mol. The van der Waals surface area contributed by atoms with E-state index in [0.717, 1.165) is 12.1 Å². The number of rotatable bonds is 3. The standard InChI is InChI=1S/C10H11BrF3NO/c11-8-4-6(9(15)1-2-16)3-7(5-8)10(12,13)14/h3-5,9,16H,1-2,15H2/t9-/m0/s1. The maximum atomic E-state index is 12.5. The molecule has 3 N–H and O–H groups in total. The van der Waals surface area contributed by atoms with E-state index in [0.29, 0.717) is 10.0 Å². The second-order valence-electron chi connectivity index (χ2n) is 3.39. The number of hydrogen-bond acceptors (Lipinski definition) is 2. The largest absolute Gasteiger partial charge is 0.416 e. The SMILES string of the molecule is N[C@@H](CCO)c1cc(Br)cc(C(F)(F)F)c1. The second-order valence-corrected chi connectivity index (χ2v) is 4.31. The van der Waals surface area contributed by atoms with E-state index < -0.39 is 17.8 Å². The van der Waals surface area contributed by atoms with Gasteiger partial charge in [-0.25, -0.2) is 0 Å². The van der Waals surface area contributed by atoms with Gasteiger partial charge in [0.25, 0.3) is 0 Å². The maximum Gasteiger partial charge on any atom is 0.416 e. The monoisotopic (exact) mass is 297 g/mol. The third-order valence-electron chi connectivity index (χ3n) is 2.12. The lowest BCUT2D eigenvalue weighted by Gasteiger charge is -2.14. The average Bonchev–Trinajstić information content (AvgIpc) is 2.16. The molecule has 1 atom stereocenters. The number of aliphatic hydroxyl groups is 1. The van der Waals surface area contributed by atoms with E-state index in [1.807, 2.05) is 0 Å². The van der Waals surface area contributed by atoms with Crippen LogP contribution in [0.25, 0.3) is 0 Å². The molecule has 0 aromatic heterocycles. The van der Waals surface area contributed by atoms with Crippen molar-refractivity contribution in [3.63, 3.8) is 0 Å². The molecule has 0 saturated carbocycles. The van der Waals surface area contributed by atoms with Crippen LogP contribution in [-0.4, -0.2) is 11.7 Å². The van der Waals surface area contributed by atoms with Gasteiger partial charge in [-0.1, -0.05) is 15.9 Å². The van der Waals surface area contributed by atoms with Gasteiger partial charge >= 0.3 is 6.18 Å². The van der Waals surface area contributed by atoms with Gasteiger partial charge in [0.05, 0.1) is 5.56 Å². The predicted octanol–water partition coefficient (Wildman–Crippen LogP) is 2.85. The molecule has 0 heterocycles. The highest BCUT2D eigenvalue weighted by atomic mass is 79.9. The number of nitrogens with two attached hydrogens (primary N) is 1. The molecule has 1 aromatic rings. The highest BCUT2D eigenvalue weighted by molar-refractivity contribution is 9.10. The summed E-state index contributed by atoms with van der Waals surface area (Å²) in [6.07, 6.45) is -4.16. The van der Waals surface area contributed by atoms with Crippen LogP contribution < -0.4 is 5.73 Å². The van der Waals surface area contributed by atoms with Crippen molar-refractivity contribution in [1.29, 1.82) is 0 Å². The summed E-state index contributed by atoms with van der Waals surface area (Å²) in [5.41, 5.74) is 5.25. The maximum absolute atomic E-state index is 12.5. The van der Waals surface area contributed by atoms with Crippen molar-refractivity contribution in [2.75, 3.05) is 6.61 Å². The lowest BCUT2D eigenvalue weighted by atomic mass is 10.0. The summed E-state index contributed by atoms with van der Waals surface area (Å²) in [6, 6.07) is 2.93. The lowest BCUT2D eigenvalue weighted by Crippen LogP contribution is -2.14. The van der Waals surface area contributed by atoms with Crippen LogP contribution in [0.1, 0.15) is 23.6 Å². The molecule has 2 nitrogen and oxygen atoms in total. The summed E-state index contributed by atoms with van der Waals surface area (Å²) in [5, 5.41) is 8.68. The third-order valence-corrected chi connectivity index (χ3v) is 2.57. The van der Waals surface area contributed by atoms with Crippen molar-refractivity contribution in [2.24, 2.45) is 5.73 Å². The van der Waals surface area contributed by atoms with Crippen LogP contribution in [0, 0.1) is 0 Å². The zero-order valence-electron chi connectivity index (χ0n) is 8.26. The van der Waals surface area contributed by atoms with E-state index in [1.54, 1.807) is 0 Å². The molecule has 0 fully saturated rings. The molecule has 0 saturated heterocycles. The molecule has 0 aliphatic carbocycles. The van der Waals surface area contributed by atoms with Gasteiger partial charge in [-0.2, -0.15) is 13.2 Å². The second kappa shape index (κ2) is 5.16. The molecule has 0 aliphatic heterocycles. The van der Waals surface area contributed by atoms with Gasteiger partial charge in [-0.05, 0) is 30.2 Å². The normalized spacial score (nSPS) is 13.9. The summed E-state index contributed by atoms with van der Waals surface area (Å²) in [4.78, 5) is 0. The third kappa shape index (κ3) is 3.47. The molecule has 0 amide bonds. The number of aliphatic hydroxyl groups excluding tert-OH is 1. The number of alkyl halides is 3. The summed E-state index contributed by atoms with van der Waals surface area (Å²) in [5.74, 6) is 0. The average molecular weight is 298 g/mol. The van der Waals surface area contributed by atoms with Crippen LogP contribution in [0.5, 0.6) is 0 Å². The zero-order chi connectivity index (χ0) is 12.3. The van der Waals surface area contributed by atoms with E-state index in [1.165, 1.54) is 6.07 Å². The highest BCUT2D eigenvalue weighted by Gasteiger charge is 2.31. The van der Waals surface area contributed by atoms with Crippen LogP contribution in [0.4, 0.5) is 13.2 Å². The molecule has 0 unspecified atom stereocenters. The van der Waals surface area contributed by atoms with Gasteiger partial charge in [0.2, 0.25) is 0 Å². The zero-order valence-corrected chi connectivity index (χ0v) is 9.85. The van der Waals surface area contributed by atoms with Gasteiger partial charge < -0.3 is 10.8 Å². The van der Waals surface area contributed by atoms with Crippen molar-refractivity contribution in [3.8, 4) is 0 Å². The molecule has 90 valence electrons. The van der Waals surface area contributed by atoms with Gasteiger partial charge in [-0.15, -0.1) is 0 Å². The fourth-order valence-corrected chi connectivity index (χ4v) is 1.81. The van der Waals surface area contributed by atoms with Crippen LogP contribution in [-0.2, 0) is 6.18 Å². The van der Waals surface area contributed by atoms with Gasteiger partial charge in [0, 0.05) is 17.1 Å². The first kappa shape index (κ1) is 13.5. The Bertz CT molecular complexity index is 368. The van der Waals surface area contributed by atoms with Crippen LogP contribution in [0.2, 0.25) is 0 Å². The van der Waals surface area contributed by atoms with Crippen molar-refractivity contribution in [1.82, 2.24) is 0 Å². The Balaban J connectivity index is 3.08. The molecule has 16 heavy (non-hydrogen) atoms. The molecule has 1 rings (SSSR count). The smallest absolute Gasteiger partial charge is 0.396 e. The Morgan fingerprint density at radius 3 is 2.44 bits per heavy atom. The van der Waals surface area contributed by atoms with Crippen LogP contribution >= 0.6 is 15.9 Å². The van der Waals surface area contributed by atoms with Gasteiger partial charge in [-0.3, -0.25) is 0 Å². The molecule has 0 radical (unpaired) electrons. The molecule has 6 heteroatoms. The van der Waals surface area contributed by atoms with Crippen molar-refractivity contribution < 1.29 is 18.3 Å². The van der Waals surface area contributed by atoms with Crippen LogP contribution in [0.3, 0.4) is 0 Å². The lowest BCUT2D eigenvalue weighted by molar-refractivity contribution is -0.137. The summed E-state index contributed by atoms with van der Waals surface area (Å²) >= 11 is 3.01. The van der Waals surface area contributed by atoms with Crippen LogP contribution in [0.15, 0.2) is 22.7 Å². The summed E-state index contributed by atoms with van der Waals surface area (Å²) in [7, 11) is 0. The number of hydrogen-bond donors (Lipinski definition) is 2. The van der Waals surface area contributed by atoms with E-state index >= 15 is 0 Å². The van der Waals surface area contributed by atoms with E-state index in [-0.39, 0.29) is 13.0 Å². The van der Waals surface area contributed by atoms with Gasteiger partial charge in [0.1, 0.15) is 0 Å². The molecule has 1 aromatic carbocycles. The first-order valence-electron chi connectivity index (χ1n) is 4.58. The Kier molecular flexibility index (Phi) is 4.35. The molecule has 0 bridgehead atoms. The Hall–Kier alpha value is -0.590.